The van der Waals surface area contributed by atoms with Crippen molar-refractivity contribution in [1.82, 2.24) is 5.01 Å². The van der Waals surface area contributed by atoms with Gasteiger partial charge in [0.25, 0.3) is 5.91 Å². The highest BCUT2D eigenvalue weighted by molar-refractivity contribution is 14.1. The van der Waals surface area contributed by atoms with E-state index in [0.29, 0.717) is 29.4 Å². The zero-order chi connectivity index (χ0) is 17.9. The number of hydrogen-bond donors (Lipinski definition) is 0. The summed E-state index contributed by atoms with van der Waals surface area (Å²) < 4.78 is 17.6. The normalized spacial score (nSPS) is 16.6. The van der Waals surface area contributed by atoms with Gasteiger partial charge in [-0.25, -0.2) is 5.01 Å². The van der Waals surface area contributed by atoms with Gasteiger partial charge in [0.05, 0.1) is 16.1 Å². The molecule has 1 unspecified atom stereocenters. The zero-order valence-electron chi connectivity index (χ0n) is 13.7. The summed E-state index contributed by atoms with van der Waals surface area (Å²) in [5.74, 6) is 1.76. The van der Waals surface area contributed by atoms with Gasteiger partial charge in [0.2, 0.25) is 0 Å². The number of carbonyl (C=O) groups excluding carboxylic acids is 1. The third-order valence-electron chi connectivity index (χ3n) is 4.03. The van der Waals surface area contributed by atoms with E-state index in [2.05, 4.69) is 27.7 Å². The van der Waals surface area contributed by atoms with Crippen LogP contribution in [-0.2, 0) is 4.79 Å². The fourth-order valence-electron chi connectivity index (χ4n) is 2.80. The van der Waals surface area contributed by atoms with E-state index in [-0.39, 0.29) is 18.6 Å². The van der Waals surface area contributed by atoms with Gasteiger partial charge in [0.15, 0.2) is 6.61 Å². The van der Waals surface area contributed by atoms with Gasteiger partial charge < -0.3 is 13.6 Å². The van der Waals surface area contributed by atoms with Gasteiger partial charge in [-0.2, -0.15) is 5.10 Å². The maximum Gasteiger partial charge on any atom is 0.281 e. The molecule has 1 aromatic carbocycles. The Morgan fingerprint density at radius 3 is 2.69 bits per heavy atom. The van der Waals surface area contributed by atoms with E-state index in [9.17, 15) is 4.79 Å². The standard InChI is InChI=1S/C19H15IN2O4/c20-13-5-1-2-6-16(13)26-12-19(23)22-15(18-8-4-10-25-18)11-14(21-22)17-7-3-9-24-17/h1-10,15H,11-12H2. The number of rotatable bonds is 5. The monoisotopic (exact) mass is 462 g/mol. The van der Waals surface area contributed by atoms with Gasteiger partial charge in [-0.1, -0.05) is 12.1 Å². The third kappa shape index (κ3) is 3.39. The number of carbonyl (C=O) groups is 1. The van der Waals surface area contributed by atoms with Gasteiger partial charge >= 0.3 is 0 Å². The number of furan rings is 2. The minimum Gasteiger partial charge on any atom is -0.483 e. The summed E-state index contributed by atoms with van der Waals surface area (Å²) in [6.07, 6.45) is 3.70. The average Bonchev–Trinajstić information content (AvgIpc) is 3.41. The van der Waals surface area contributed by atoms with Crippen LogP contribution in [0, 0.1) is 3.57 Å². The van der Waals surface area contributed by atoms with Crippen LogP contribution in [0.1, 0.15) is 24.0 Å². The van der Waals surface area contributed by atoms with Crippen molar-refractivity contribution >= 4 is 34.2 Å². The SMILES string of the molecule is O=C(COc1ccccc1I)N1N=C(c2ccco2)CC1c1ccco1. The molecule has 2 aromatic heterocycles. The van der Waals surface area contributed by atoms with Crippen molar-refractivity contribution in [2.45, 2.75) is 12.5 Å². The second-order valence-corrected chi connectivity index (χ2v) is 6.88. The third-order valence-corrected chi connectivity index (χ3v) is 4.92. The van der Waals surface area contributed by atoms with E-state index in [1.54, 1.807) is 24.7 Å². The lowest BCUT2D eigenvalue weighted by Gasteiger charge is -2.20. The molecule has 1 aliphatic rings. The van der Waals surface area contributed by atoms with Crippen LogP contribution in [-0.4, -0.2) is 23.2 Å². The van der Waals surface area contributed by atoms with Crippen LogP contribution in [0.25, 0.3) is 0 Å². The molecule has 0 radical (unpaired) electrons. The molecule has 0 saturated heterocycles. The largest absolute Gasteiger partial charge is 0.483 e. The second-order valence-electron chi connectivity index (χ2n) is 5.72. The Bertz CT molecular complexity index is 919. The van der Waals surface area contributed by atoms with E-state index >= 15 is 0 Å². The first-order chi connectivity index (χ1) is 12.7. The van der Waals surface area contributed by atoms with Crippen LogP contribution >= 0.6 is 22.6 Å². The number of halogens is 1. The summed E-state index contributed by atoms with van der Waals surface area (Å²) in [5, 5.41) is 5.89. The minimum atomic E-state index is -0.309. The van der Waals surface area contributed by atoms with E-state index < -0.39 is 0 Å². The summed E-state index contributed by atoms with van der Waals surface area (Å²) in [5.41, 5.74) is 0.707. The number of hydrogen-bond acceptors (Lipinski definition) is 5. The lowest BCUT2D eigenvalue weighted by molar-refractivity contribution is -0.135. The van der Waals surface area contributed by atoms with Crippen molar-refractivity contribution in [3.8, 4) is 5.75 Å². The minimum absolute atomic E-state index is 0.105. The van der Waals surface area contributed by atoms with Crippen LogP contribution in [0.5, 0.6) is 5.75 Å². The van der Waals surface area contributed by atoms with Crippen molar-refractivity contribution in [3.63, 3.8) is 0 Å². The summed E-state index contributed by atoms with van der Waals surface area (Å²) >= 11 is 2.17. The Morgan fingerprint density at radius 1 is 1.15 bits per heavy atom. The summed E-state index contributed by atoms with van der Waals surface area (Å²) in [4.78, 5) is 12.8. The Labute approximate surface area is 163 Å². The van der Waals surface area contributed by atoms with Crippen LogP contribution in [0.3, 0.4) is 0 Å². The zero-order valence-corrected chi connectivity index (χ0v) is 15.8. The van der Waals surface area contributed by atoms with Crippen molar-refractivity contribution in [3.05, 3.63) is 76.1 Å². The van der Waals surface area contributed by atoms with Crippen molar-refractivity contribution in [2.24, 2.45) is 5.10 Å². The van der Waals surface area contributed by atoms with E-state index in [4.69, 9.17) is 13.6 Å². The van der Waals surface area contributed by atoms with Crippen molar-refractivity contribution in [1.29, 1.82) is 0 Å². The molecule has 132 valence electrons. The molecule has 1 aliphatic heterocycles. The smallest absolute Gasteiger partial charge is 0.281 e. The number of ether oxygens (including phenoxy) is 1. The molecule has 7 heteroatoms. The van der Waals surface area contributed by atoms with Crippen LogP contribution in [0.2, 0.25) is 0 Å². The van der Waals surface area contributed by atoms with Gasteiger partial charge in [-0.05, 0) is 59.0 Å². The highest BCUT2D eigenvalue weighted by atomic mass is 127. The molecule has 26 heavy (non-hydrogen) atoms. The molecule has 0 bridgehead atoms. The molecule has 0 saturated carbocycles. The Hall–Kier alpha value is -2.55. The van der Waals surface area contributed by atoms with Crippen molar-refractivity contribution in [2.75, 3.05) is 6.61 Å². The molecule has 0 aliphatic carbocycles. The lowest BCUT2D eigenvalue weighted by atomic mass is 10.1. The number of amides is 1. The summed E-state index contributed by atoms with van der Waals surface area (Å²) in [7, 11) is 0. The van der Waals surface area contributed by atoms with E-state index in [1.165, 1.54) is 5.01 Å². The molecule has 1 atom stereocenters. The number of nitrogens with zero attached hydrogens (tertiary/aromatic N) is 2. The molecule has 0 fully saturated rings. The second kappa shape index (κ2) is 7.36. The maximum atomic E-state index is 12.8. The first kappa shape index (κ1) is 16.9. The topological polar surface area (TPSA) is 68.2 Å². The van der Waals surface area contributed by atoms with Gasteiger partial charge in [-0.15, -0.1) is 0 Å². The molecule has 0 N–H and O–H groups in total. The fourth-order valence-corrected chi connectivity index (χ4v) is 3.34. The molecule has 0 spiro atoms. The van der Waals surface area contributed by atoms with Crippen LogP contribution < -0.4 is 4.74 Å². The molecule has 6 nitrogen and oxygen atoms in total. The molecule has 4 rings (SSSR count). The number of benzene rings is 1. The molecular weight excluding hydrogens is 447 g/mol. The Morgan fingerprint density at radius 2 is 1.96 bits per heavy atom. The van der Waals surface area contributed by atoms with Gasteiger partial charge in [-0.3, -0.25) is 4.79 Å². The number of hydrazone groups is 1. The Balaban J connectivity index is 1.54. The quantitative estimate of drug-likeness (QED) is 0.533. The first-order valence-corrected chi connectivity index (χ1v) is 9.14. The molecule has 1 amide bonds. The highest BCUT2D eigenvalue weighted by Crippen LogP contribution is 2.33. The summed E-state index contributed by atoms with van der Waals surface area (Å²) in [6.45, 7) is -0.105. The first-order valence-electron chi connectivity index (χ1n) is 8.06. The maximum absolute atomic E-state index is 12.8. The predicted octanol–water partition coefficient (Wildman–Crippen LogP) is 4.23. The van der Waals surface area contributed by atoms with Gasteiger partial charge in [0.1, 0.15) is 29.0 Å². The highest BCUT2D eigenvalue weighted by Gasteiger charge is 2.35. The van der Waals surface area contributed by atoms with Gasteiger partial charge in [0, 0.05) is 6.42 Å². The van der Waals surface area contributed by atoms with Crippen LogP contribution in [0.4, 0.5) is 0 Å². The molecule has 3 heterocycles. The van der Waals surface area contributed by atoms with Crippen LogP contribution in [0.15, 0.2) is 75.0 Å². The fraction of sp³-hybridized carbons (Fsp3) is 0.158. The van der Waals surface area contributed by atoms with E-state index in [1.807, 2.05) is 36.4 Å². The molecule has 3 aromatic rings. The summed E-state index contributed by atoms with van der Waals surface area (Å²) in [6, 6.07) is 14.5. The van der Waals surface area contributed by atoms with E-state index in [0.717, 1.165) is 3.57 Å². The van der Waals surface area contributed by atoms with Crippen molar-refractivity contribution < 1.29 is 18.4 Å². The molecular formula is C19H15IN2O4. The average molecular weight is 462 g/mol. The number of para-hydroxylation sites is 1. The Kier molecular flexibility index (Phi) is 4.79. The predicted molar refractivity (Wildman–Crippen MR) is 103 cm³/mol. The lowest BCUT2D eigenvalue weighted by Crippen LogP contribution is -2.31.